The molecule has 0 unspecified atom stereocenters. The van der Waals surface area contributed by atoms with E-state index in [1.54, 1.807) is 0 Å². The molecule has 0 atom stereocenters. The molecule has 25 heavy (non-hydrogen) atoms. The number of nitrogens with one attached hydrogen (secondary N) is 2. The van der Waals surface area contributed by atoms with Crippen molar-refractivity contribution >= 4 is 16.8 Å². The Morgan fingerprint density at radius 2 is 2.20 bits per heavy atom. The molecule has 5 nitrogen and oxygen atoms in total. The van der Waals surface area contributed by atoms with E-state index in [1.807, 2.05) is 42.2 Å². The van der Waals surface area contributed by atoms with Crippen molar-refractivity contribution in [3.63, 3.8) is 0 Å². The summed E-state index contributed by atoms with van der Waals surface area (Å²) in [6.07, 6.45) is 9.47. The second-order valence-electron chi connectivity index (χ2n) is 6.94. The molecule has 0 saturated heterocycles. The van der Waals surface area contributed by atoms with Gasteiger partial charge < -0.3 is 10.3 Å². The van der Waals surface area contributed by atoms with E-state index in [1.165, 1.54) is 29.5 Å². The molecular formula is C20H24N4O. The van der Waals surface area contributed by atoms with Crippen molar-refractivity contribution in [2.24, 2.45) is 0 Å². The largest absolute Gasteiger partial charge is 0.358 e. The quantitative estimate of drug-likeness (QED) is 0.702. The Hall–Kier alpha value is -2.56. The Morgan fingerprint density at radius 1 is 1.32 bits per heavy atom. The van der Waals surface area contributed by atoms with E-state index >= 15 is 0 Å². The lowest BCUT2D eigenvalue weighted by Gasteiger charge is -2.10. The van der Waals surface area contributed by atoms with E-state index in [0.717, 1.165) is 42.5 Å². The van der Waals surface area contributed by atoms with Gasteiger partial charge in [-0.2, -0.15) is 5.10 Å². The second kappa shape index (κ2) is 6.75. The smallest absolute Gasteiger partial charge is 0.251 e. The fourth-order valence-corrected chi connectivity index (χ4v) is 3.68. The first-order chi connectivity index (χ1) is 12.2. The minimum Gasteiger partial charge on any atom is -0.358 e. The Bertz CT molecular complexity index is 906. The number of benzene rings is 1. The van der Waals surface area contributed by atoms with Gasteiger partial charge in [0.25, 0.3) is 5.91 Å². The molecule has 1 aliphatic carbocycles. The summed E-state index contributed by atoms with van der Waals surface area (Å²) in [5.74, 6) is 0.00399. The highest BCUT2D eigenvalue weighted by atomic mass is 16.1. The van der Waals surface area contributed by atoms with Crippen LogP contribution in [0, 0.1) is 6.92 Å². The molecule has 1 aliphatic rings. The summed E-state index contributed by atoms with van der Waals surface area (Å²) < 4.78 is 1.92. The number of amides is 1. The highest BCUT2D eigenvalue weighted by Crippen LogP contribution is 2.29. The summed E-state index contributed by atoms with van der Waals surface area (Å²) in [4.78, 5) is 16.0. The van der Waals surface area contributed by atoms with Gasteiger partial charge >= 0.3 is 0 Å². The lowest BCUT2D eigenvalue weighted by molar-refractivity contribution is 0.0952. The minimum atomic E-state index is 0.00399. The maximum Gasteiger partial charge on any atom is 0.251 e. The Morgan fingerprint density at radius 3 is 3.04 bits per heavy atom. The maximum absolute atomic E-state index is 12.5. The number of nitrogens with zero attached hydrogens (tertiary/aromatic N) is 2. The zero-order valence-electron chi connectivity index (χ0n) is 14.6. The van der Waals surface area contributed by atoms with Gasteiger partial charge in [-0.05, 0) is 68.4 Å². The molecule has 1 aromatic carbocycles. The molecule has 0 aliphatic heterocycles. The zero-order valence-corrected chi connectivity index (χ0v) is 14.6. The van der Waals surface area contributed by atoms with Crippen LogP contribution in [0.5, 0.6) is 0 Å². The van der Waals surface area contributed by atoms with Crippen molar-refractivity contribution in [1.82, 2.24) is 20.1 Å². The van der Waals surface area contributed by atoms with Crippen molar-refractivity contribution in [3.05, 3.63) is 53.0 Å². The predicted molar refractivity (Wildman–Crippen MR) is 98.9 cm³/mol. The number of carbonyl (C=O) groups excluding carboxylic acids is 1. The van der Waals surface area contributed by atoms with Gasteiger partial charge in [0.05, 0.1) is 6.20 Å². The summed E-state index contributed by atoms with van der Waals surface area (Å²) in [6.45, 7) is 3.50. The van der Waals surface area contributed by atoms with Crippen molar-refractivity contribution in [2.45, 2.75) is 45.6 Å². The molecule has 0 spiro atoms. The van der Waals surface area contributed by atoms with E-state index in [4.69, 9.17) is 0 Å². The molecule has 0 bridgehead atoms. The number of aromatic amines is 1. The summed E-state index contributed by atoms with van der Waals surface area (Å²) in [5, 5.41) is 8.50. The highest BCUT2D eigenvalue weighted by Gasteiger charge is 2.16. The van der Waals surface area contributed by atoms with Crippen LogP contribution in [0.4, 0.5) is 0 Å². The number of hydrogen-bond acceptors (Lipinski definition) is 2. The molecule has 2 aromatic heterocycles. The number of hydrogen-bond donors (Lipinski definition) is 2. The van der Waals surface area contributed by atoms with Crippen LogP contribution in [0.2, 0.25) is 0 Å². The molecule has 2 heterocycles. The normalized spacial score (nSPS) is 13.8. The molecule has 0 radical (unpaired) electrons. The third-order valence-corrected chi connectivity index (χ3v) is 4.97. The van der Waals surface area contributed by atoms with Crippen LogP contribution in [-0.4, -0.2) is 27.2 Å². The van der Waals surface area contributed by atoms with Crippen LogP contribution in [0.1, 0.15) is 46.4 Å². The molecule has 1 amide bonds. The topological polar surface area (TPSA) is 62.7 Å². The van der Waals surface area contributed by atoms with E-state index in [9.17, 15) is 4.79 Å². The highest BCUT2D eigenvalue weighted by molar-refractivity contribution is 5.99. The standard InChI is InChI=1S/C20H24N4O/c1-14-12-22-24(13-14)10-4-9-21-20(25)15-7-8-19-17(11-15)16-5-2-3-6-18(16)23-19/h7-8,11-13,23H,2-6,9-10H2,1H3,(H,21,25). The number of aromatic nitrogens is 3. The minimum absolute atomic E-state index is 0.00399. The summed E-state index contributed by atoms with van der Waals surface area (Å²) in [6, 6.07) is 5.99. The van der Waals surface area contributed by atoms with E-state index in [2.05, 4.69) is 15.4 Å². The van der Waals surface area contributed by atoms with Gasteiger partial charge in [-0.3, -0.25) is 9.48 Å². The third-order valence-electron chi connectivity index (χ3n) is 4.97. The predicted octanol–water partition coefficient (Wildman–Crippen LogP) is 3.37. The lowest BCUT2D eigenvalue weighted by Crippen LogP contribution is -2.25. The molecular weight excluding hydrogens is 312 g/mol. The number of fused-ring (bicyclic) bond motifs is 3. The van der Waals surface area contributed by atoms with Crippen LogP contribution < -0.4 is 5.32 Å². The zero-order chi connectivity index (χ0) is 17.2. The molecule has 3 aromatic rings. The first kappa shape index (κ1) is 15.9. The maximum atomic E-state index is 12.5. The van der Waals surface area contributed by atoms with Gasteiger partial charge in [-0.25, -0.2) is 0 Å². The molecule has 0 saturated carbocycles. The van der Waals surface area contributed by atoms with Gasteiger partial charge in [0, 0.05) is 41.4 Å². The van der Waals surface area contributed by atoms with Crippen molar-refractivity contribution in [1.29, 1.82) is 0 Å². The van der Waals surface area contributed by atoms with Crippen molar-refractivity contribution < 1.29 is 4.79 Å². The lowest BCUT2D eigenvalue weighted by atomic mass is 9.95. The number of aryl methyl sites for hydroxylation is 4. The molecule has 130 valence electrons. The van der Waals surface area contributed by atoms with Gasteiger partial charge in [0.15, 0.2) is 0 Å². The number of H-pyrrole nitrogens is 1. The Labute approximate surface area is 147 Å². The van der Waals surface area contributed by atoms with Crippen molar-refractivity contribution in [3.8, 4) is 0 Å². The molecule has 2 N–H and O–H groups in total. The van der Waals surface area contributed by atoms with Gasteiger partial charge in [-0.1, -0.05) is 0 Å². The van der Waals surface area contributed by atoms with E-state index < -0.39 is 0 Å². The molecule has 4 rings (SSSR count). The van der Waals surface area contributed by atoms with E-state index in [-0.39, 0.29) is 5.91 Å². The summed E-state index contributed by atoms with van der Waals surface area (Å²) in [5.41, 5.74) is 5.82. The summed E-state index contributed by atoms with van der Waals surface area (Å²) >= 11 is 0. The fraction of sp³-hybridized carbons (Fsp3) is 0.400. The SMILES string of the molecule is Cc1cnn(CCCNC(=O)c2ccc3[nH]c4c(c3c2)CCCC4)c1. The average molecular weight is 336 g/mol. The molecule has 5 heteroatoms. The van der Waals surface area contributed by atoms with Crippen molar-refractivity contribution in [2.75, 3.05) is 6.54 Å². The third kappa shape index (κ3) is 3.31. The fourth-order valence-electron chi connectivity index (χ4n) is 3.68. The Kier molecular flexibility index (Phi) is 4.30. The van der Waals surface area contributed by atoms with Gasteiger partial charge in [-0.15, -0.1) is 0 Å². The van der Waals surface area contributed by atoms with Crippen LogP contribution in [0.15, 0.2) is 30.6 Å². The Balaban J connectivity index is 1.39. The average Bonchev–Trinajstić information content (AvgIpc) is 3.21. The number of carbonyl (C=O) groups is 1. The molecule has 0 fully saturated rings. The second-order valence-corrected chi connectivity index (χ2v) is 6.94. The van der Waals surface area contributed by atoms with Gasteiger partial charge in [0.2, 0.25) is 0 Å². The number of rotatable bonds is 5. The summed E-state index contributed by atoms with van der Waals surface area (Å²) in [7, 11) is 0. The van der Waals surface area contributed by atoms with Crippen LogP contribution in [0.3, 0.4) is 0 Å². The van der Waals surface area contributed by atoms with Gasteiger partial charge in [0.1, 0.15) is 0 Å². The first-order valence-corrected chi connectivity index (χ1v) is 9.11. The van der Waals surface area contributed by atoms with Crippen LogP contribution in [-0.2, 0) is 19.4 Å². The van der Waals surface area contributed by atoms with Crippen LogP contribution in [0.25, 0.3) is 10.9 Å². The monoisotopic (exact) mass is 336 g/mol. The van der Waals surface area contributed by atoms with Crippen LogP contribution >= 0.6 is 0 Å². The first-order valence-electron chi connectivity index (χ1n) is 9.11. The van der Waals surface area contributed by atoms with E-state index in [0.29, 0.717) is 6.54 Å².